The van der Waals surface area contributed by atoms with Crippen molar-refractivity contribution in [3.05, 3.63) is 59.4 Å². The Bertz CT molecular complexity index is 568. The average molecular weight is 256 g/mol. The third kappa shape index (κ3) is 3.31. The number of hydrogen-bond donors (Lipinski definition) is 1. The molecule has 1 aromatic carbocycles. The molecule has 1 amide bonds. The number of aromatic nitrogens is 1. The Kier molecular flexibility index (Phi) is 4.13. The monoisotopic (exact) mass is 256 g/mol. The molecule has 2 aromatic rings. The number of nitrogens with zero attached hydrogens (tertiary/aromatic N) is 1. The Morgan fingerprint density at radius 1 is 1.32 bits per heavy atom. The summed E-state index contributed by atoms with van der Waals surface area (Å²) in [6.45, 7) is 2.34. The molecule has 0 radical (unpaired) electrons. The molecular formula is C15H16N2O2. The number of aryl methyl sites for hydroxylation is 1. The second-order valence-corrected chi connectivity index (χ2v) is 4.21. The summed E-state index contributed by atoms with van der Waals surface area (Å²) in [5.74, 6) is 0.412. The molecule has 2 rings (SSSR count). The summed E-state index contributed by atoms with van der Waals surface area (Å²) < 4.78 is 5.20. The molecular weight excluding hydrogens is 240 g/mol. The van der Waals surface area contributed by atoms with Crippen LogP contribution in [0.1, 0.15) is 21.6 Å². The van der Waals surface area contributed by atoms with Crippen LogP contribution in [0.2, 0.25) is 0 Å². The van der Waals surface area contributed by atoms with Crippen molar-refractivity contribution in [2.24, 2.45) is 0 Å². The molecule has 0 fully saturated rings. The van der Waals surface area contributed by atoms with E-state index in [1.54, 1.807) is 19.4 Å². The molecule has 0 bridgehead atoms. The van der Waals surface area contributed by atoms with Gasteiger partial charge in [-0.15, -0.1) is 0 Å². The number of carbonyl (C=O) groups is 1. The second kappa shape index (κ2) is 6.00. The lowest BCUT2D eigenvalue weighted by Gasteiger charge is -2.10. The van der Waals surface area contributed by atoms with Crippen LogP contribution in [-0.4, -0.2) is 18.0 Å². The highest BCUT2D eigenvalue weighted by atomic mass is 16.5. The van der Waals surface area contributed by atoms with Gasteiger partial charge in [-0.05, 0) is 31.2 Å². The molecule has 0 spiro atoms. The van der Waals surface area contributed by atoms with Crippen LogP contribution in [-0.2, 0) is 6.54 Å². The maximum atomic E-state index is 12.1. The molecule has 4 heteroatoms. The number of carbonyl (C=O) groups excluding carboxylic acids is 1. The van der Waals surface area contributed by atoms with E-state index in [1.807, 2.05) is 37.3 Å². The number of hydrogen-bond acceptors (Lipinski definition) is 3. The number of benzene rings is 1. The van der Waals surface area contributed by atoms with Crippen molar-refractivity contribution in [2.75, 3.05) is 7.11 Å². The maximum Gasteiger partial charge on any atom is 0.255 e. The highest BCUT2D eigenvalue weighted by molar-refractivity contribution is 5.97. The lowest BCUT2D eigenvalue weighted by molar-refractivity contribution is 0.0947. The summed E-state index contributed by atoms with van der Waals surface area (Å²) in [5, 5.41) is 2.84. The minimum atomic E-state index is -0.161. The summed E-state index contributed by atoms with van der Waals surface area (Å²) >= 11 is 0. The van der Waals surface area contributed by atoms with Crippen LogP contribution in [0, 0.1) is 6.92 Å². The molecule has 0 aliphatic heterocycles. The third-order valence-electron chi connectivity index (χ3n) is 2.76. The largest absolute Gasteiger partial charge is 0.496 e. The van der Waals surface area contributed by atoms with Crippen molar-refractivity contribution in [1.29, 1.82) is 0 Å². The van der Waals surface area contributed by atoms with Crippen LogP contribution in [0.15, 0.2) is 42.6 Å². The minimum absolute atomic E-state index is 0.161. The number of methoxy groups -OCH3 is 1. The Hall–Kier alpha value is -2.36. The Balaban J connectivity index is 2.10. The zero-order valence-electron chi connectivity index (χ0n) is 11.0. The van der Waals surface area contributed by atoms with Crippen molar-refractivity contribution in [2.45, 2.75) is 13.5 Å². The normalized spacial score (nSPS) is 10.0. The molecule has 19 heavy (non-hydrogen) atoms. The molecule has 1 aromatic heterocycles. The molecule has 4 nitrogen and oxygen atoms in total. The zero-order chi connectivity index (χ0) is 13.7. The van der Waals surface area contributed by atoms with Crippen LogP contribution >= 0.6 is 0 Å². The van der Waals surface area contributed by atoms with Gasteiger partial charge in [0, 0.05) is 6.20 Å². The predicted molar refractivity (Wildman–Crippen MR) is 73.1 cm³/mol. The van der Waals surface area contributed by atoms with E-state index in [4.69, 9.17) is 4.74 Å². The lowest BCUT2D eigenvalue weighted by atomic mass is 10.1. The number of nitrogens with one attached hydrogen (secondary N) is 1. The van der Waals surface area contributed by atoms with Crippen LogP contribution in [0.3, 0.4) is 0 Å². The smallest absolute Gasteiger partial charge is 0.255 e. The lowest BCUT2D eigenvalue weighted by Crippen LogP contribution is -2.23. The second-order valence-electron chi connectivity index (χ2n) is 4.21. The van der Waals surface area contributed by atoms with Crippen LogP contribution < -0.4 is 10.1 Å². The van der Waals surface area contributed by atoms with Gasteiger partial charge in [0.2, 0.25) is 0 Å². The molecule has 1 N–H and O–H groups in total. The topological polar surface area (TPSA) is 51.2 Å². The first-order valence-electron chi connectivity index (χ1n) is 6.03. The first-order chi connectivity index (χ1) is 9.20. The van der Waals surface area contributed by atoms with E-state index in [0.717, 1.165) is 11.3 Å². The summed E-state index contributed by atoms with van der Waals surface area (Å²) in [5.41, 5.74) is 2.38. The number of pyridine rings is 1. The SMILES string of the molecule is COc1ccc(C)cc1C(=O)NCc1ccccn1. The van der Waals surface area contributed by atoms with Gasteiger partial charge in [0.05, 0.1) is 24.9 Å². The number of ether oxygens (including phenoxy) is 1. The van der Waals surface area contributed by atoms with Gasteiger partial charge in [-0.2, -0.15) is 0 Å². The molecule has 0 saturated carbocycles. The standard InChI is InChI=1S/C15H16N2O2/c1-11-6-7-14(19-2)13(9-11)15(18)17-10-12-5-3-4-8-16-12/h3-9H,10H2,1-2H3,(H,17,18). The van der Waals surface area contributed by atoms with Crippen molar-refractivity contribution >= 4 is 5.91 Å². The molecule has 0 atom stereocenters. The molecule has 0 aliphatic carbocycles. The summed E-state index contributed by atoms with van der Waals surface area (Å²) in [7, 11) is 1.56. The zero-order valence-corrected chi connectivity index (χ0v) is 11.0. The van der Waals surface area contributed by atoms with Gasteiger partial charge in [0.1, 0.15) is 5.75 Å². The molecule has 1 heterocycles. The van der Waals surface area contributed by atoms with Gasteiger partial charge in [0.15, 0.2) is 0 Å². The van der Waals surface area contributed by atoms with Crippen molar-refractivity contribution in [1.82, 2.24) is 10.3 Å². The highest BCUT2D eigenvalue weighted by Gasteiger charge is 2.12. The summed E-state index contributed by atoms with van der Waals surface area (Å²) in [6.07, 6.45) is 1.70. The van der Waals surface area contributed by atoms with Gasteiger partial charge in [-0.25, -0.2) is 0 Å². The van der Waals surface area contributed by atoms with Gasteiger partial charge in [-0.3, -0.25) is 9.78 Å². The van der Waals surface area contributed by atoms with Gasteiger partial charge in [0.25, 0.3) is 5.91 Å². The van der Waals surface area contributed by atoms with Crippen LogP contribution in [0.5, 0.6) is 5.75 Å². The van der Waals surface area contributed by atoms with Crippen molar-refractivity contribution in [3.63, 3.8) is 0 Å². The van der Waals surface area contributed by atoms with Gasteiger partial charge >= 0.3 is 0 Å². The van der Waals surface area contributed by atoms with E-state index in [2.05, 4.69) is 10.3 Å². The number of rotatable bonds is 4. The Morgan fingerprint density at radius 3 is 2.84 bits per heavy atom. The minimum Gasteiger partial charge on any atom is -0.496 e. The predicted octanol–water partition coefficient (Wildman–Crippen LogP) is 2.33. The van der Waals surface area contributed by atoms with Gasteiger partial charge in [-0.1, -0.05) is 17.7 Å². The summed E-state index contributed by atoms with van der Waals surface area (Å²) in [6, 6.07) is 11.1. The third-order valence-corrected chi connectivity index (χ3v) is 2.76. The molecule has 0 saturated heterocycles. The van der Waals surface area contributed by atoms with E-state index in [0.29, 0.717) is 17.9 Å². The highest BCUT2D eigenvalue weighted by Crippen LogP contribution is 2.19. The van der Waals surface area contributed by atoms with E-state index >= 15 is 0 Å². The quantitative estimate of drug-likeness (QED) is 0.913. The fourth-order valence-corrected chi connectivity index (χ4v) is 1.77. The maximum absolute atomic E-state index is 12.1. The summed E-state index contributed by atoms with van der Waals surface area (Å²) in [4.78, 5) is 16.3. The molecule has 98 valence electrons. The molecule has 0 aliphatic rings. The first-order valence-corrected chi connectivity index (χ1v) is 6.03. The van der Waals surface area contributed by atoms with Crippen molar-refractivity contribution in [3.8, 4) is 5.75 Å². The fourth-order valence-electron chi connectivity index (χ4n) is 1.77. The number of amides is 1. The van der Waals surface area contributed by atoms with Gasteiger partial charge < -0.3 is 10.1 Å². The first kappa shape index (κ1) is 13.1. The molecule has 0 unspecified atom stereocenters. The Labute approximate surface area is 112 Å². The van der Waals surface area contributed by atoms with Crippen molar-refractivity contribution < 1.29 is 9.53 Å². The Morgan fingerprint density at radius 2 is 2.16 bits per heavy atom. The fraction of sp³-hybridized carbons (Fsp3) is 0.200. The van der Waals surface area contributed by atoms with E-state index in [9.17, 15) is 4.79 Å². The van der Waals surface area contributed by atoms with E-state index in [1.165, 1.54) is 0 Å². The van der Waals surface area contributed by atoms with E-state index in [-0.39, 0.29) is 5.91 Å². The average Bonchev–Trinajstić information content (AvgIpc) is 2.46. The van der Waals surface area contributed by atoms with Crippen LogP contribution in [0.4, 0.5) is 0 Å². The van der Waals surface area contributed by atoms with Crippen LogP contribution in [0.25, 0.3) is 0 Å². The van der Waals surface area contributed by atoms with E-state index < -0.39 is 0 Å².